The highest BCUT2D eigenvalue weighted by Gasteiger charge is 2.69. The van der Waals surface area contributed by atoms with E-state index in [0.29, 0.717) is 24.3 Å². The standard InChI is InChI=1S/C15H22O4/c1-8-4-5-10(16)11-12(17)15(7-14(8,11)3)9(2)6-19-13(15)18/h8,10-12,16-17H,2,4-7H2,1,3H3/t8-,10-,11?,12+,14+,15+/m0/s1. The van der Waals surface area contributed by atoms with E-state index >= 15 is 0 Å². The summed E-state index contributed by atoms with van der Waals surface area (Å²) in [7, 11) is 0. The van der Waals surface area contributed by atoms with E-state index in [1.54, 1.807) is 0 Å². The number of carbonyl (C=O) groups is 1. The zero-order chi connectivity index (χ0) is 14.0. The van der Waals surface area contributed by atoms with Gasteiger partial charge >= 0.3 is 5.97 Å². The minimum atomic E-state index is -0.987. The number of esters is 1. The first kappa shape index (κ1) is 13.1. The number of ether oxygens (including phenoxy) is 1. The van der Waals surface area contributed by atoms with Crippen LogP contribution in [0.2, 0.25) is 0 Å². The molecule has 0 aromatic heterocycles. The molecule has 3 aliphatic rings. The van der Waals surface area contributed by atoms with E-state index in [0.717, 1.165) is 6.42 Å². The molecule has 1 unspecified atom stereocenters. The number of aliphatic hydroxyl groups excluding tert-OH is 2. The van der Waals surface area contributed by atoms with Gasteiger partial charge in [-0.25, -0.2) is 0 Å². The summed E-state index contributed by atoms with van der Waals surface area (Å²) in [4.78, 5) is 12.2. The number of carbonyl (C=O) groups excluding carboxylic acids is 1. The van der Waals surface area contributed by atoms with Crippen molar-refractivity contribution in [1.82, 2.24) is 0 Å². The van der Waals surface area contributed by atoms with E-state index < -0.39 is 17.6 Å². The van der Waals surface area contributed by atoms with Gasteiger partial charge < -0.3 is 14.9 Å². The zero-order valence-electron chi connectivity index (χ0n) is 11.6. The molecule has 4 heteroatoms. The predicted molar refractivity (Wildman–Crippen MR) is 69.2 cm³/mol. The van der Waals surface area contributed by atoms with Crippen LogP contribution in [0.5, 0.6) is 0 Å². The van der Waals surface area contributed by atoms with Crippen molar-refractivity contribution in [3.63, 3.8) is 0 Å². The molecule has 1 saturated heterocycles. The Kier molecular flexibility index (Phi) is 2.64. The van der Waals surface area contributed by atoms with Crippen LogP contribution < -0.4 is 0 Å². The summed E-state index contributed by atoms with van der Waals surface area (Å²) in [5, 5.41) is 21.1. The maximum absolute atomic E-state index is 12.2. The summed E-state index contributed by atoms with van der Waals surface area (Å²) in [6, 6.07) is 0. The molecule has 0 bridgehead atoms. The van der Waals surface area contributed by atoms with E-state index in [9.17, 15) is 15.0 Å². The Bertz CT molecular complexity index is 427. The molecule has 2 N–H and O–H groups in total. The van der Waals surface area contributed by atoms with Gasteiger partial charge in [0.05, 0.1) is 12.2 Å². The summed E-state index contributed by atoms with van der Waals surface area (Å²) < 4.78 is 5.11. The summed E-state index contributed by atoms with van der Waals surface area (Å²) in [6.07, 6.45) is 0.741. The van der Waals surface area contributed by atoms with Crippen molar-refractivity contribution in [2.75, 3.05) is 6.61 Å². The quantitative estimate of drug-likeness (QED) is 0.512. The molecule has 0 aromatic carbocycles. The Morgan fingerprint density at radius 1 is 1.37 bits per heavy atom. The normalized spacial score (nSPS) is 53.5. The second-order valence-corrected chi connectivity index (χ2v) is 6.85. The molecule has 3 rings (SSSR count). The lowest BCUT2D eigenvalue weighted by atomic mass is 9.62. The summed E-state index contributed by atoms with van der Waals surface area (Å²) >= 11 is 0. The third-order valence-electron chi connectivity index (χ3n) is 6.07. The number of rotatable bonds is 0. The van der Waals surface area contributed by atoms with Crippen LogP contribution in [-0.4, -0.2) is 35.0 Å². The lowest BCUT2D eigenvalue weighted by molar-refractivity contribution is -0.151. The van der Waals surface area contributed by atoms with Crippen LogP contribution in [0.15, 0.2) is 12.2 Å². The fraction of sp³-hybridized carbons (Fsp3) is 0.800. The molecule has 106 valence electrons. The highest BCUT2D eigenvalue weighted by Crippen LogP contribution is 2.64. The van der Waals surface area contributed by atoms with Crippen molar-refractivity contribution in [1.29, 1.82) is 0 Å². The lowest BCUT2D eigenvalue weighted by Crippen LogP contribution is -2.47. The molecule has 6 atom stereocenters. The second kappa shape index (κ2) is 3.83. The van der Waals surface area contributed by atoms with Crippen LogP contribution in [-0.2, 0) is 9.53 Å². The van der Waals surface area contributed by atoms with Crippen molar-refractivity contribution in [2.24, 2.45) is 22.7 Å². The number of hydrogen-bond donors (Lipinski definition) is 2. The smallest absolute Gasteiger partial charge is 0.319 e. The van der Waals surface area contributed by atoms with Gasteiger partial charge in [0, 0.05) is 5.92 Å². The van der Waals surface area contributed by atoms with Gasteiger partial charge in [0.25, 0.3) is 0 Å². The van der Waals surface area contributed by atoms with Gasteiger partial charge in [-0.3, -0.25) is 4.79 Å². The Labute approximate surface area is 113 Å². The molecule has 19 heavy (non-hydrogen) atoms. The number of cyclic esters (lactones) is 1. The van der Waals surface area contributed by atoms with E-state index in [2.05, 4.69) is 20.4 Å². The Balaban J connectivity index is 2.09. The van der Waals surface area contributed by atoms with Gasteiger partial charge in [-0.15, -0.1) is 0 Å². The Morgan fingerprint density at radius 3 is 2.58 bits per heavy atom. The topological polar surface area (TPSA) is 66.8 Å². The van der Waals surface area contributed by atoms with E-state index in [1.807, 2.05) is 0 Å². The highest BCUT2D eigenvalue weighted by atomic mass is 16.5. The average molecular weight is 266 g/mol. The van der Waals surface area contributed by atoms with Crippen LogP contribution in [0.3, 0.4) is 0 Å². The van der Waals surface area contributed by atoms with Crippen LogP contribution in [0.1, 0.15) is 33.1 Å². The number of hydrogen-bond acceptors (Lipinski definition) is 4. The molecule has 0 radical (unpaired) electrons. The van der Waals surface area contributed by atoms with Gasteiger partial charge in [0.1, 0.15) is 12.0 Å². The van der Waals surface area contributed by atoms with Gasteiger partial charge in [0.15, 0.2) is 0 Å². The molecule has 0 aromatic rings. The minimum Gasteiger partial charge on any atom is -0.460 e. The molecule has 3 fully saturated rings. The first-order valence-corrected chi connectivity index (χ1v) is 7.05. The second-order valence-electron chi connectivity index (χ2n) is 6.85. The van der Waals surface area contributed by atoms with Crippen LogP contribution in [0.25, 0.3) is 0 Å². The molecule has 2 saturated carbocycles. The van der Waals surface area contributed by atoms with Gasteiger partial charge in [-0.05, 0) is 36.2 Å². The predicted octanol–water partition coefficient (Wildman–Crippen LogP) is 1.26. The van der Waals surface area contributed by atoms with Gasteiger partial charge in [-0.2, -0.15) is 0 Å². The Morgan fingerprint density at radius 2 is 2.05 bits per heavy atom. The third-order valence-corrected chi connectivity index (χ3v) is 6.07. The average Bonchev–Trinajstić information content (AvgIpc) is 2.77. The van der Waals surface area contributed by atoms with E-state index in [-0.39, 0.29) is 23.9 Å². The van der Waals surface area contributed by atoms with Crippen LogP contribution in [0.4, 0.5) is 0 Å². The zero-order valence-corrected chi connectivity index (χ0v) is 11.6. The van der Waals surface area contributed by atoms with Crippen molar-refractivity contribution < 1.29 is 19.7 Å². The first-order valence-electron chi connectivity index (χ1n) is 7.05. The maximum atomic E-state index is 12.2. The van der Waals surface area contributed by atoms with Crippen molar-refractivity contribution in [2.45, 2.75) is 45.3 Å². The first-order chi connectivity index (χ1) is 8.84. The molecule has 1 heterocycles. The SMILES string of the molecule is C=C1COC(=O)[C@]12C[C@@]1(C)C([C@H]2O)[C@@H](O)CC[C@@H]1C. The number of fused-ring (bicyclic) bond motifs is 1. The van der Waals surface area contributed by atoms with Crippen molar-refractivity contribution >= 4 is 5.97 Å². The fourth-order valence-electron chi connectivity index (χ4n) is 4.65. The van der Waals surface area contributed by atoms with E-state index in [4.69, 9.17) is 4.74 Å². The molecule has 0 amide bonds. The molecule has 4 nitrogen and oxygen atoms in total. The highest BCUT2D eigenvalue weighted by molar-refractivity contribution is 5.85. The van der Waals surface area contributed by atoms with Crippen molar-refractivity contribution in [3.05, 3.63) is 12.2 Å². The molecule has 1 aliphatic heterocycles. The van der Waals surface area contributed by atoms with Crippen LogP contribution in [0, 0.1) is 22.7 Å². The monoisotopic (exact) mass is 266 g/mol. The van der Waals surface area contributed by atoms with Gasteiger partial charge in [-0.1, -0.05) is 20.4 Å². The van der Waals surface area contributed by atoms with Crippen LogP contribution >= 0.6 is 0 Å². The molecule has 1 spiro atoms. The number of aliphatic hydroxyl groups is 2. The molecular weight excluding hydrogens is 244 g/mol. The Hall–Kier alpha value is -0.870. The summed E-state index contributed by atoms with van der Waals surface area (Å²) in [5.74, 6) is -0.255. The summed E-state index contributed by atoms with van der Waals surface area (Å²) in [6.45, 7) is 8.37. The fourth-order valence-corrected chi connectivity index (χ4v) is 4.65. The maximum Gasteiger partial charge on any atom is 0.319 e. The third kappa shape index (κ3) is 1.39. The van der Waals surface area contributed by atoms with Crippen molar-refractivity contribution in [3.8, 4) is 0 Å². The largest absolute Gasteiger partial charge is 0.460 e. The minimum absolute atomic E-state index is 0.198. The van der Waals surface area contributed by atoms with Gasteiger partial charge in [0.2, 0.25) is 0 Å². The molecule has 2 aliphatic carbocycles. The molecular formula is C15H22O4. The lowest BCUT2D eigenvalue weighted by Gasteiger charge is -2.45. The summed E-state index contributed by atoms with van der Waals surface area (Å²) in [5.41, 5.74) is -0.553. The van der Waals surface area contributed by atoms with E-state index in [1.165, 1.54) is 0 Å².